The highest BCUT2D eigenvalue weighted by atomic mass is 16.1. The predicted molar refractivity (Wildman–Crippen MR) is 119 cm³/mol. The Balaban J connectivity index is 1.86. The number of aryl methyl sites for hydroxylation is 1. The Hall–Kier alpha value is -3.72. The zero-order chi connectivity index (χ0) is 21.1. The van der Waals surface area contributed by atoms with Crippen molar-refractivity contribution in [2.45, 2.75) is 12.8 Å². The third-order valence-electron chi connectivity index (χ3n) is 5.40. The van der Waals surface area contributed by atoms with E-state index in [1.54, 1.807) is 4.90 Å². The van der Waals surface area contributed by atoms with Gasteiger partial charge in [0.15, 0.2) is 11.6 Å². The summed E-state index contributed by atoms with van der Waals surface area (Å²) < 4.78 is 0. The Morgan fingerprint density at radius 1 is 0.667 bits per heavy atom. The number of hydrogen-bond acceptors (Lipinski definition) is 3. The Bertz CT molecular complexity index is 1070. The molecule has 0 unspecified atom stereocenters. The average molecular weight is 393 g/mol. The highest BCUT2D eigenvalue weighted by molar-refractivity contribution is 6.15. The lowest BCUT2D eigenvalue weighted by molar-refractivity contribution is 0.101. The van der Waals surface area contributed by atoms with Gasteiger partial charge in [-0.25, -0.2) is 0 Å². The summed E-state index contributed by atoms with van der Waals surface area (Å²) in [6.45, 7) is 2.02. The summed E-state index contributed by atoms with van der Waals surface area (Å²) in [4.78, 5) is 28.8. The third kappa shape index (κ3) is 3.74. The molecule has 0 aromatic heterocycles. The van der Waals surface area contributed by atoms with Gasteiger partial charge in [-0.05, 0) is 18.1 Å². The van der Waals surface area contributed by atoms with Crippen molar-refractivity contribution in [2.75, 3.05) is 7.05 Å². The first-order valence-electron chi connectivity index (χ1n) is 9.96. The smallest absolute Gasteiger partial charge is 0.191 e. The van der Waals surface area contributed by atoms with Gasteiger partial charge in [-0.2, -0.15) is 0 Å². The van der Waals surface area contributed by atoms with Crippen LogP contribution in [0.3, 0.4) is 0 Å². The quantitative estimate of drug-likeness (QED) is 0.533. The minimum absolute atomic E-state index is 0.0674. The van der Waals surface area contributed by atoms with Crippen LogP contribution in [0.5, 0.6) is 0 Å². The van der Waals surface area contributed by atoms with E-state index in [0.717, 1.165) is 11.1 Å². The maximum atomic E-state index is 13.5. The van der Waals surface area contributed by atoms with Gasteiger partial charge in [0.25, 0.3) is 0 Å². The van der Waals surface area contributed by atoms with E-state index in [1.807, 2.05) is 111 Å². The van der Waals surface area contributed by atoms with Crippen LogP contribution in [-0.2, 0) is 0 Å². The Labute approximate surface area is 177 Å². The molecular formula is C27H23NO2. The van der Waals surface area contributed by atoms with Crippen molar-refractivity contribution in [1.82, 2.24) is 4.90 Å². The van der Waals surface area contributed by atoms with Crippen molar-refractivity contribution in [3.8, 4) is 0 Å². The van der Waals surface area contributed by atoms with Gasteiger partial charge in [-0.3, -0.25) is 9.59 Å². The standard InChI is InChI=1S/C27H23NO2/c1-19-11-9-10-16-22(19)25-23(26(29)20-12-5-3-6-13-20)17-28(2)18-24(25)27(30)21-14-7-4-8-15-21/h3-18,25H,1-2H3. The molecule has 0 amide bonds. The molecule has 0 radical (unpaired) electrons. The highest BCUT2D eigenvalue weighted by Gasteiger charge is 2.34. The van der Waals surface area contributed by atoms with Crippen molar-refractivity contribution in [1.29, 1.82) is 0 Å². The van der Waals surface area contributed by atoms with Crippen LogP contribution in [0.1, 0.15) is 37.8 Å². The van der Waals surface area contributed by atoms with E-state index in [2.05, 4.69) is 0 Å². The number of hydrogen-bond donors (Lipinski definition) is 0. The van der Waals surface area contributed by atoms with E-state index in [1.165, 1.54) is 0 Å². The van der Waals surface area contributed by atoms with E-state index >= 15 is 0 Å². The van der Waals surface area contributed by atoms with E-state index in [-0.39, 0.29) is 11.6 Å². The second-order valence-electron chi connectivity index (χ2n) is 7.51. The molecule has 4 rings (SSSR count). The molecule has 0 N–H and O–H groups in total. The SMILES string of the molecule is Cc1ccccc1C1C(C(=O)c2ccccc2)=CN(C)C=C1C(=O)c1ccccc1. The molecule has 0 aliphatic carbocycles. The Kier molecular flexibility index (Phi) is 5.44. The molecule has 3 heteroatoms. The summed E-state index contributed by atoms with van der Waals surface area (Å²) in [5.41, 5.74) is 4.44. The van der Waals surface area contributed by atoms with E-state index in [0.29, 0.717) is 22.3 Å². The van der Waals surface area contributed by atoms with Crippen molar-refractivity contribution in [2.24, 2.45) is 0 Å². The number of rotatable bonds is 5. The number of Topliss-reactive ketones (excluding diaryl/α,β-unsaturated/α-hetero) is 2. The van der Waals surface area contributed by atoms with E-state index in [9.17, 15) is 9.59 Å². The molecule has 3 aromatic carbocycles. The predicted octanol–water partition coefficient (Wildman–Crippen LogP) is 5.56. The van der Waals surface area contributed by atoms with Gasteiger partial charge in [-0.1, -0.05) is 84.9 Å². The number of nitrogens with zero attached hydrogens (tertiary/aromatic N) is 1. The number of benzene rings is 3. The largest absolute Gasteiger partial charge is 0.356 e. The van der Waals surface area contributed by atoms with Crippen molar-refractivity contribution in [3.63, 3.8) is 0 Å². The number of allylic oxidation sites excluding steroid dienone is 2. The van der Waals surface area contributed by atoms with Crippen LogP contribution in [0.4, 0.5) is 0 Å². The fraction of sp³-hybridized carbons (Fsp3) is 0.111. The zero-order valence-corrected chi connectivity index (χ0v) is 17.1. The molecule has 3 nitrogen and oxygen atoms in total. The van der Waals surface area contributed by atoms with Crippen LogP contribution in [0.25, 0.3) is 0 Å². The Morgan fingerprint density at radius 3 is 1.57 bits per heavy atom. The fourth-order valence-corrected chi connectivity index (χ4v) is 3.93. The van der Waals surface area contributed by atoms with Crippen molar-refractivity contribution >= 4 is 11.6 Å². The first kappa shape index (κ1) is 19.6. The lowest BCUT2D eigenvalue weighted by Crippen LogP contribution is -2.26. The van der Waals surface area contributed by atoms with Gasteiger partial charge < -0.3 is 4.90 Å². The lowest BCUT2D eigenvalue weighted by Gasteiger charge is -2.30. The molecule has 0 saturated heterocycles. The number of ketones is 2. The van der Waals surface area contributed by atoms with Gasteiger partial charge >= 0.3 is 0 Å². The fourth-order valence-electron chi connectivity index (χ4n) is 3.93. The average Bonchev–Trinajstić information content (AvgIpc) is 2.79. The summed E-state index contributed by atoms with van der Waals surface area (Å²) >= 11 is 0. The molecular weight excluding hydrogens is 370 g/mol. The van der Waals surface area contributed by atoms with Crippen molar-refractivity contribution in [3.05, 3.63) is 131 Å². The molecule has 1 aliphatic heterocycles. The van der Waals surface area contributed by atoms with Gasteiger partial charge in [0.2, 0.25) is 0 Å². The monoisotopic (exact) mass is 393 g/mol. The van der Waals surface area contributed by atoms with Gasteiger partial charge in [-0.15, -0.1) is 0 Å². The lowest BCUT2D eigenvalue weighted by atomic mass is 9.76. The summed E-state index contributed by atoms with van der Waals surface area (Å²) in [5, 5.41) is 0. The molecule has 0 fully saturated rings. The van der Waals surface area contributed by atoms with Crippen LogP contribution >= 0.6 is 0 Å². The molecule has 1 aliphatic rings. The van der Waals surface area contributed by atoms with Gasteiger partial charge in [0, 0.05) is 47.6 Å². The van der Waals surface area contributed by atoms with Crippen LogP contribution in [0.15, 0.2) is 108 Å². The number of carbonyl (C=O) groups excluding carboxylic acids is 2. The molecule has 0 atom stereocenters. The molecule has 0 spiro atoms. The molecule has 0 saturated carbocycles. The minimum Gasteiger partial charge on any atom is -0.356 e. The topological polar surface area (TPSA) is 37.4 Å². The van der Waals surface area contributed by atoms with Gasteiger partial charge in [0.05, 0.1) is 0 Å². The van der Waals surface area contributed by atoms with Crippen LogP contribution in [-0.4, -0.2) is 23.5 Å². The molecule has 3 aromatic rings. The van der Waals surface area contributed by atoms with Crippen LogP contribution < -0.4 is 0 Å². The first-order valence-corrected chi connectivity index (χ1v) is 9.96. The summed E-state index contributed by atoms with van der Waals surface area (Å²) in [6, 6.07) is 26.4. The molecule has 148 valence electrons. The first-order chi connectivity index (χ1) is 14.6. The normalized spacial score (nSPS) is 14.1. The van der Waals surface area contributed by atoms with Crippen LogP contribution in [0, 0.1) is 6.92 Å². The zero-order valence-electron chi connectivity index (χ0n) is 17.1. The maximum absolute atomic E-state index is 13.5. The van der Waals surface area contributed by atoms with Crippen molar-refractivity contribution < 1.29 is 9.59 Å². The van der Waals surface area contributed by atoms with E-state index in [4.69, 9.17) is 0 Å². The molecule has 1 heterocycles. The van der Waals surface area contributed by atoms with Crippen LogP contribution in [0.2, 0.25) is 0 Å². The van der Waals surface area contributed by atoms with E-state index < -0.39 is 5.92 Å². The third-order valence-corrected chi connectivity index (χ3v) is 5.40. The second-order valence-corrected chi connectivity index (χ2v) is 7.51. The summed E-state index contributed by atoms with van der Waals surface area (Å²) in [6.07, 6.45) is 3.68. The second kappa shape index (κ2) is 8.34. The highest BCUT2D eigenvalue weighted by Crippen LogP contribution is 2.39. The molecule has 30 heavy (non-hydrogen) atoms. The molecule has 0 bridgehead atoms. The Morgan fingerprint density at radius 2 is 1.10 bits per heavy atom. The number of carbonyl (C=O) groups is 2. The summed E-state index contributed by atoms with van der Waals surface area (Å²) in [5.74, 6) is -0.563. The maximum Gasteiger partial charge on any atom is 0.191 e. The summed E-state index contributed by atoms with van der Waals surface area (Å²) in [7, 11) is 1.85. The minimum atomic E-state index is -0.428. The van der Waals surface area contributed by atoms with Gasteiger partial charge in [0.1, 0.15) is 0 Å².